The molecule has 0 aliphatic rings. The number of carbonyl (C=O) groups is 2. The standard InChI is InChI=1S/C17H16Cl2N2O2S/c1-11-3-2-4-12(7-11)20-16(22)9-24-10-17(23)21-13-5-6-14(18)15(19)8-13/h2-8H,9-10H2,1H3,(H,20,22)(H,21,23). The maximum absolute atomic E-state index is 11.9. The Morgan fingerprint density at radius 1 is 0.917 bits per heavy atom. The zero-order valence-corrected chi connectivity index (χ0v) is 15.3. The van der Waals surface area contributed by atoms with Crippen LogP contribution >= 0.6 is 35.0 Å². The molecule has 0 saturated carbocycles. The third-order valence-corrected chi connectivity index (χ3v) is 4.64. The van der Waals surface area contributed by atoms with Gasteiger partial charge in [0, 0.05) is 11.4 Å². The minimum atomic E-state index is -0.207. The molecule has 2 N–H and O–H groups in total. The number of rotatable bonds is 6. The number of carbonyl (C=O) groups excluding carboxylic acids is 2. The summed E-state index contributed by atoms with van der Waals surface area (Å²) in [7, 11) is 0. The smallest absolute Gasteiger partial charge is 0.234 e. The van der Waals surface area contributed by atoms with Gasteiger partial charge in [0.1, 0.15) is 0 Å². The molecule has 2 amide bonds. The molecule has 7 heteroatoms. The quantitative estimate of drug-likeness (QED) is 0.766. The van der Waals surface area contributed by atoms with Crippen molar-refractivity contribution in [2.45, 2.75) is 6.92 Å². The van der Waals surface area contributed by atoms with Crippen LogP contribution in [0.2, 0.25) is 10.0 Å². The third-order valence-electron chi connectivity index (χ3n) is 2.97. The molecule has 2 aromatic rings. The lowest BCUT2D eigenvalue weighted by Crippen LogP contribution is -2.18. The normalized spacial score (nSPS) is 10.3. The maximum Gasteiger partial charge on any atom is 0.234 e. The Labute approximate surface area is 154 Å². The fourth-order valence-corrected chi connectivity index (χ4v) is 2.84. The van der Waals surface area contributed by atoms with Crippen LogP contribution in [0.3, 0.4) is 0 Å². The molecule has 0 aliphatic carbocycles. The molecule has 2 aromatic carbocycles. The summed E-state index contributed by atoms with van der Waals surface area (Å²) in [5.41, 5.74) is 2.39. The molecular weight excluding hydrogens is 367 g/mol. The molecule has 0 saturated heterocycles. The van der Waals surface area contributed by atoms with Gasteiger partial charge in [-0.15, -0.1) is 11.8 Å². The van der Waals surface area contributed by atoms with E-state index in [0.717, 1.165) is 11.3 Å². The van der Waals surface area contributed by atoms with Crippen LogP contribution < -0.4 is 10.6 Å². The summed E-state index contributed by atoms with van der Waals surface area (Å²) in [6.07, 6.45) is 0. The van der Waals surface area contributed by atoms with Gasteiger partial charge in [-0.2, -0.15) is 0 Å². The van der Waals surface area contributed by atoms with Crippen molar-refractivity contribution in [3.63, 3.8) is 0 Å². The highest BCUT2D eigenvalue weighted by atomic mass is 35.5. The Morgan fingerprint density at radius 3 is 2.12 bits per heavy atom. The van der Waals surface area contributed by atoms with E-state index in [0.29, 0.717) is 15.7 Å². The molecule has 0 atom stereocenters. The average molecular weight is 383 g/mol. The van der Waals surface area contributed by atoms with Gasteiger partial charge in [0.25, 0.3) is 0 Å². The van der Waals surface area contributed by atoms with Crippen LogP contribution in [0.25, 0.3) is 0 Å². The van der Waals surface area contributed by atoms with Crippen molar-refractivity contribution in [2.24, 2.45) is 0 Å². The predicted octanol–water partition coefficient (Wildman–Crippen LogP) is 4.61. The Morgan fingerprint density at radius 2 is 1.54 bits per heavy atom. The fourth-order valence-electron chi connectivity index (χ4n) is 1.93. The Hall–Kier alpha value is -1.69. The Kier molecular flexibility index (Phi) is 6.97. The van der Waals surface area contributed by atoms with Gasteiger partial charge in [0.15, 0.2) is 0 Å². The number of hydrogen-bond acceptors (Lipinski definition) is 3. The number of amides is 2. The summed E-state index contributed by atoms with van der Waals surface area (Å²) in [6, 6.07) is 12.4. The first-order valence-electron chi connectivity index (χ1n) is 7.13. The van der Waals surface area contributed by atoms with Crippen molar-refractivity contribution in [1.29, 1.82) is 0 Å². The van der Waals surface area contributed by atoms with Gasteiger partial charge in [-0.1, -0.05) is 35.3 Å². The van der Waals surface area contributed by atoms with Crippen LogP contribution in [0.15, 0.2) is 42.5 Å². The highest BCUT2D eigenvalue weighted by molar-refractivity contribution is 8.00. The number of anilines is 2. The average Bonchev–Trinajstić information content (AvgIpc) is 2.51. The highest BCUT2D eigenvalue weighted by Crippen LogP contribution is 2.25. The largest absolute Gasteiger partial charge is 0.325 e. The zero-order chi connectivity index (χ0) is 17.5. The van der Waals surface area contributed by atoms with E-state index in [4.69, 9.17) is 23.2 Å². The second-order valence-corrected chi connectivity index (χ2v) is 6.89. The molecule has 0 aromatic heterocycles. The van der Waals surface area contributed by atoms with E-state index in [-0.39, 0.29) is 23.3 Å². The summed E-state index contributed by atoms with van der Waals surface area (Å²) in [6.45, 7) is 1.96. The van der Waals surface area contributed by atoms with Crippen LogP contribution in [0.4, 0.5) is 11.4 Å². The minimum absolute atomic E-state index is 0.145. The van der Waals surface area contributed by atoms with E-state index in [1.807, 2.05) is 31.2 Å². The molecule has 0 unspecified atom stereocenters. The van der Waals surface area contributed by atoms with Gasteiger partial charge in [-0.3, -0.25) is 9.59 Å². The summed E-state index contributed by atoms with van der Waals surface area (Å²) in [4.78, 5) is 23.7. The van der Waals surface area contributed by atoms with E-state index in [1.165, 1.54) is 11.8 Å². The Bertz CT molecular complexity index is 753. The lowest BCUT2D eigenvalue weighted by atomic mass is 10.2. The van der Waals surface area contributed by atoms with E-state index in [2.05, 4.69) is 10.6 Å². The number of halogens is 2. The Balaban J connectivity index is 1.73. The molecule has 2 rings (SSSR count). The molecule has 24 heavy (non-hydrogen) atoms. The molecular formula is C17H16Cl2N2O2S. The highest BCUT2D eigenvalue weighted by Gasteiger charge is 2.08. The van der Waals surface area contributed by atoms with Crippen LogP contribution in [0.1, 0.15) is 5.56 Å². The minimum Gasteiger partial charge on any atom is -0.325 e. The lowest BCUT2D eigenvalue weighted by Gasteiger charge is -2.07. The molecule has 0 aliphatic heterocycles. The SMILES string of the molecule is Cc1cccc(NC(=O)CSCC(=O)Nc2ccc(Cl)c(Cl)c2)c1. The summed E-state index contributed by atoms with van der Waals surface area (Å²) >= 11 is 12.9. The van der Waals surface area contributed by atoms with Crippen molar-refractivity contribution in [1.82, 2.24) is 0 Å². The van der Waals surface area contributed by atoms with Crippen molar-refractivity contribution in [2.75, 3.05) is 22.1 Å². The predicted molar refractivity (Wildman–Crippen MR) is 102 cm³/mol. The second-order valence-electron chi connectivity index (χ2n) is 5.09. The topological polar surface area (TPSA) is 58.2 Å². The fraction of sp³-hybridized carbons (Fsp3) is 0.176. The van der Waals surface area contributed by atoms with Gasteiger partial charge in [0.2, 0.25) is 11.8 Å². The van der Waals surface area contributed by atoms with E-state index >= 15 is 0 Å². The van der Waals surface area contributed by atoms with Gasteiger partial charge >= 0.3 is 0 Å². The molecule has 0 spiro atoms. The molecule has 0 bridgehead atoms. The van der Waals surface area contributed by atoms with Crippen molar-refractivity contribution in [3.05, 3.63) is 58.1 Å². The van der Waals surface area contributed by atoms with Gasteiger partial charge < -0.3 is 10.6 Å². The van der Waals surface area contributed by atoms with Crippen molar-refractivity contribution >= 4 is 58.2 Å². The number of hydrogen-bond donors (Lipinski definition) is 2. The summed E-state index contributed by atoms with van der Waals surface area (Å²) < 4.78 is 0. The first kappa shape index (κ1) is 18.6. The zero-order valence-electron chi connectivity index (χ0n) is 12.9. The van der Waals surface area contributed by atoms with Crippen molar-refractivity contribution < 1.29 is 9.59 Å². The number of thioether (sulfide) groups is 1. The lowest BCUT2D eigenvalue weighted by molar-refractivity contribution is -0.114. The number of aryl methyl sites for hydroxylation is 1. The summed E-state index contributed by atoms with van der Waals surface area (Å²) in [5.74, 6) is 0.0132. The third kappa shape index (κ3) is 6.07. The van der Waals surface area contributed by atoms with Gasteiger partial charge in [0.05, 0.1) is 21.6 Å². The monoisotopic (exact) mass is 382 g/mol. The second kappa shape index (κ2) is 8.97. The van der Waals surface area contributed by atoms with Crippen molar-refractivity contribution in [3.8, 4) is 0 Å². The van der Waals surface area contributed by atoms with E-state index in [9.17, 15) is 9.59 Å². The van der Waals surface area contributed by atoms with E-state index < -0.39 is 0 Å². The summed E-state index contributed by atoms with van der Waals surface area (Å²) in [5, 5.41) is 6.30. The first-order chi connectivity index (χ1) is 11.4. The molecule has 0 radical (unpaired) electrons. The maximum atomic E-state index is 11.9. The number of benzene rings is 2. The van der Waals surface area contributed by atoms with Crippen LogP contribution in [-0.4, -0.2) is 23.3 Å². The van der Waals surface area contributed by atoms with Gasteiger partial charge in [-0.05, 0) is 42.8 Å². The van der Waals surface area contributed by atoms with Crippen LogP contribution in [0.5, 0.6) is 0 Å². The molecule has 126 valence electrons. The molecule has 0 heterocycles. The van der Waals surface area contributed by atoms with Crippen LogP contribution in [0, 0.1) is 6.92 Å². The van der Waals surface area contributed by atoms with Gasteiger partial charge in [-0.25, -0.2) is 0 Å². The first-order valence-corrected chi connectivity index (χ1v) is 9.04. The molecule has 4 nitrogen and oxygen atoms in total. The van der Waals surface area contributed by atoms with E-state index in [1.54, 1.807) is 18.2 Å². The van der Waals surface area contributed by atoms with Crippen LogP contribution in [-0.2, 0) is 9.59 Å². The molecule has 0 fully saturated rings. The number of nitrogens with one attached hydrogen (secondary N) is 2.